The van der Waals surface area contributed by atoms with Gasteiger partial charge >= 0.3 is 6.18 Å². The molecule has 1 aromatic carbocycles. The zero-order valence-electron chi connectivity index (χ0n) is 12.3. The molecular formula is C16H11F3N2O2S. The number of amides is 1. The summed E-state index contributed by atoms with van der Waals surface area (Å²) in [5.74, 6) is -0.284. The quantitative estimate of drug-likeness (QED) is 0.723. The Labute approximate surface area is 139 Å². The second kappa shape index (κ2) is 6.12. The Morgan fingerprint density at radius 1 is 1.29 bits per heavy atom. The number of hydrogen-bond acceptors (Lipinski definition) is 4. The molecule has 24 heavy (non-hydrogen) atoms. The summed E-state index contributed by atoms with van der Waals surface area (Å²) in [6.45, 7) is 1.73. The number of aromatic nitrogens is 1. The lowest BCUT2D eigenvalue weighted by molar-refractivity contribution is -0.137. The number of benzene rings is 1. The van der Waals surface area contributed by atoms with Crippen molar-refractivity contribution in [1.29, 1.82) is 0 Å². The third kappa shape index (κ3) is 3.33. The van der Waals surface area contributed by atoms with Crippen LogP contribution in [0.3, 0.4) is 0 Å². The molecule has 0 atom stereocenters. The molecule has 0 saturated heterocycles. The summed E-state index contributed by atoms with van der Waals surface area (Å²) in [6, 6.07) is 6.54. The van der Waals surface area contributed by atoms with Gasteiger partial charge in [-0.05, 0) is 25.1 Å². The lowest BCUT2D eigenvalue weighted by Gasteiger charge is -2.07. The van der Waals surface area contributed by atoms with Crippen LogP contribution in [0.5, 0.6) is 0 Å². The van der Waals surface area contributed by atoms with Gasteiger partial charge in [-0.1, -0.05) is 12.1 Å². The molecular weight excluding hydrogens is 341 g/mol. The molecule has 124 valence electrons. The van der Waals surface area contributed by atoms with Crippen LogP contribution in [-0.4, -0.2) is 10.9 Å². The lowest BCUT2D eigenvalue weighted by Crippen LogP contribution is -2.11. The van der Waals surface area contributed by atoms with Crippen molar-refractivity contribution in [3.63, 3.8) is 0 Å². The van der Waals surface area contributed by atoms with Gasteiger partial charge in [0.2, 0.25) is 0 Å². The Balaban J connectivity index is 1.81. The van der Waals surface area contributed by atoms with Crippen molar-refractivity contribution in [2.24, 2.45) is 0 Å². The Kier molecular flexibility index (Phi) is 4.15. The molecule has 8 heteroatoms. The summed E-state index contributed by atoms with van der Waals surface area (Å²) in [4.78, 5) is 16.2. The number of thiazole rings is 1. The van der Waals surface area contributed by atoms with Crippen LogP contribution < -0.4 is 5.32 Å². The second-order valence-corrected chi connectivity index (χ2v) is 5.86. The largest absolute Gasteiger partial charge is 0.459 e. The summed E-state index contributed by atoms with van der Waals surface area (Å²) in [7, 11) is 0. The van der Waals surface area contributed by atoms with E-state index in [9.17, 15) is 18.0 Å². The van der Waals surface area contributed by atoms with Gasteiger partial charge in [-0.25, -0.2) is 4.98 Å². The van der Waals surface area contributed by atoms with Gasteiger partial charge in [0.25, 0.3) is 5.91 Å². The highest BCUT2D eigenvalue weighted by atomic mass is 32.1. The van der Waals surface area contributed by atoms with Gasteiger partial charge < -0.3 is 4.42 Å². The number of nitrogens with one attached hydrogen (secondary N) is 1. The predicted octanol–water partition coefficient (Wildman–Crippen LogP) is 4.98. The van der Waals surface area contributed by atoms with E-state index in [0.29, 0.717) is 16.8 Å². The maximum atomic E-state index is 12.8. The van der Waals surface area contributed by atoms with Crippen LogP contribution in [0.2, 0.25) is 0 Å². The number of carbonyl (C=O) groups excluding carboxylic acids is 1. The molecule has 0 radical (unpaired) electrons. The minimum atomic E-state index is -4.42. The number of hydrogen-bond donors (Lipinski definition) is 1. The molecule has 1 amide bonds. The number of anilines is 1. The molecule has 2 aromatic heterocycles. The molecule has 0 unspecified atom stereocenters. The van der Waals surface area contributed by atoms with Gasteiger partial charge in [0, 0.05) is 16.5 Å². The van der Waals surface area contributed by atoms with Crippen molar-refractivity contribution in [2.75, 3.05) is 5.32 Å². The normalized spacial score (nSPS) is 11.5. The van der Waals surface area contributed by atoms with Gasteiger partial charge in [-0.3, -0.25) is 10.1 Å². The van der Waals surface area contributed by atoms with Crippen LogP contribution >= 0.6 is 11.3 Å². The Hall–Kier alpha value is -2.61. The molecule has 0 spiro atoms. The van der Waals surface area contributed by atoms with Crippen molar-refractivity contribution >= 4 is 22.4 Å². The predicted molar refractivity (Wildman–Crippen MR) is 84.0 cm³/mol. The fourth-order valence-corrected chi connectivity index (χ4v) is 2.79. The van der Waals surface area contributed by atoms with Gasteiger partial charge in [-0.2, -0.15) is 13.2 Å². The summed E-state index contributed by atoms with van der Waals surface area (Å²) >= 11 is 1.12. The zero-order chi connectivity index (χ0) is 17.3. The number of furan rings is 1. The molecule has 3 aromatic rings. The molecule has 0 fully saturated rings. The first kappa shape index (κ1) is 16.3. The first-order chi connectivity index (χ1) is 11.3. The minimum Gasteiger partial charge on any atom is -0.459 e. The van der Waals surface area contributed by atoms with Crippen LogP contribution in [-0.2, 0) is 6.18 Å². The number of aryl methyl sites for hydroxylation is 1. The molecule has 0 aliphatic carbocycles. The number of carbonyl (C=O) groups is 1. The average Bonchev–Trinajstić information content (AvgIpc) is 3.15. The van der Waals surface area contributed by atoms with E-state index in [1.54, 1.807) is 18.4 Å². The standard InChI is InChI=1S/C16H11F3N2O2S/c1-9-5-6-23-13(9)14(22)21-15-20-12(8-24-15)10-3-2-4-11(7-10)16(17,18)19/h2-8H,1H3,(H,20,21,22). The van der Waals surface area contributed by atoms with Crippen molar-refractivity contribution in [2.45, 2.75) is 13.1 Å². The van der Waals surface area contributed by atoms with E-state index < -0.39 is 17.6 Å². The molecule has 0 aliphatic heterocycles. The fourth-order valence-electron chi connectivity index (χ4n) is 2.08. The second-order valence-electron chi connectivity index (χ2n) is 5.00. The first-order valence-corrected chi connectivity index (χ1v) is 7.71. The van der Waals surface area contributed by atoms with E-state index in [1.807, 2.05) is 0 Å². The van der Waals surface area contributed by atoms with E-state index in [2.05, 4.69) is 10.3 Å². The highest BCUT2D eigenvalue weighted by Crippen LogP contribution is 2.33. The molecule has 0 bridgehead atoms. The molecule has 2 heterocycles. The average molecular weight is 352 g/mol. The highest BCUT2D eigenvalue weighted by molar-refractivity contribution is 7.14. The van der Waals surface area contributed by atoms with E-state index in [4.69, 9.17) is 4.42 Å². The van der Waals surface area contributed by atoms with Gasteiger partial charge in [0.05, 0.1) is 17.5 Å². The third-order valence-corrected chi connectivity index (χ3v) is 4.04. The number of rotatable bonds is 3. The molecule has 0 aliphatic rings. The van der Waals surface area contributed by atoms with Crippen molar-refractivity contribution in [3.05, 3.63) is 58.9 Å². The van der Waals surface area contributed by atoms with Crippen LogP contribution in [0.1, 0.15) is 21.7 Å². The lowest BCUT2D eigenvalue weighted by atomic mass is 10.1. The van der Waals surface area contributed by atoms with Crippen molar-refractivity contribution in [1.82, 2.24) is 4.98 Å². The minimum absolute atomic E-state index is 0.172. The third-order valence-electron chi connectivity index (χ3n) is 3.28. The maximum Gasteiger partial charge on any atom is 0.416 e. The monoisotopic (exact) mass is 352 g/mol. The highest BCUT2D eigenvalue weighted by Gasteiger charge is 2.30. The number of halogens is 3. The molecule has 1 N–H and O–H groups in total. The Morgan fingerprint density at radius 3 is 2.75 bits per heavy atom. The van der Waals surface area contributed by atoms with E-state index >= 15 is 0 Å². The first-order valence-electron chi connectivity index (χ1n) is 6.83. The summed E-state index contributed by atoms with van der Waals surface area (Å²) in [5.41, 5.74) is 0.625. The summed E-state index contributed by atoms with van der Waals surface area (Å²) < 4.78 is 43.4. The summed E-state index contributed by atoms with van der Waals surface area (Å²) in [5, 5.41) is 4.44. The van der Waals surface area contributed by atoms with Gasteiger partial charge in [-0.15, -0.1) is 11.3 Å². The fraction of sp³-hybridized carbons (Fsp3) is 0.125. The van der Waals surface area contributed by atoms with Gasteiger partial charge in [0.15, 0.2) is 10.9 Å². The van der Waals surface area contributed by atoms with E-state index in [0.717, 1.165) is 23.5 Å². The molecule has 4 nitrogen and oxygen atoms in total. The SMILES string of the molecule is Cc1ccoc1C(=O)Nc1nc(-c2cccc(C(F)(F)F)c2)cs1. The smallest absolute Gasteiger partial charge is 0.416 e. The van der Waals surface area contributed by atoms with Crippen LogP contribution in [0.4, 0.5) is 18.3 Å². The van der Waals surface area contributed by atoms with Crippen LogP contribution in [0.25, 0.3) is 11.3 Å². The van der Waals surface area contributed by atoms with E-state index in [1.165, 1.54) is 18.4 Å². The maximum absolute atomic E-state index is 12.8. The molecule has 3 rings (SSSR count). The van der Waals surface area contributed by atoms with Crippen molar-refractivity contribution < 1.29 is 22.4 Å². The number of nitrogens with zero attached hydrogens (tertiary/aromatic N) is 1. The zero-order valence-corrected chi connectivity index (χ0v) is 13.2. The van der Waals surface area contributed by atoms with Crippen LogP contribution in [0.15, 0.2) is 46.4 Å². The van der Waals surface area contributed by atoms with E-state index in [-0.39, 0.29) is 10.9 Å². The van der Waals surface area contributed by atoms with Gasteiger partial charge in [0.1, 0.15) is 0 Å². The summed E-state index contributed by atoms with van der Waals surface area (Å²) in [6.07, 6.45) is -3.01. The number of alkyl halides is 3. The Bertz CT molecular complexity index is 883. The van der Waals surface area contributed by atoms with Crippen LogP contribution in [0, 0.1) is 6.92 Å². The van der Waals surface area contributed by atoms with Crippen molar-refractivity contribution in [3.8, 4) is 11.3 Å². The topological polar surface area (TPSA) is 55.1 Å². The molecule has 0 saturated carbocycles. The Morgan fingerprint density at radius 2 is 2.08 bits per heavy atom.